The van der Waals surface area contributed by atoms with E-state index in [0.717, 1.165) is 0 Å². The van der Waals surface area contributed by atoms with Gasteiger partial charge >= 0.3 is 0 Å². The SMILES string of the molecule is COCC(=O)N(C)c1nccs1. The monoisotopic (exact) mass is 186 g/mol. The topological polar surface area (TPSA) is 42.4 Å². The minimum Gasteiger partial charge on any atom is -0.375 e. The molecule has 12 heavy (non-hydrogen) atoms. The van der Waals surface area contributed by atoms with E-state index < -0.39 is 0 Å². The van der Waals surface area contributed by atoms with Crippen molar-refractivity contribution in [2.45, 2.75) is 0 Å². The molecule has 1 amide bonds. The Labute approximate surface area is 74.8 Å². The Kier molecular flexibility index (Phi) is 3.19. The van der Waals surface area contributed by atoms with Crippen molar-refractivity contribution < 1.29 is 9.53 Å². The first-order chi connectivity index (χ1) is 5.75. The van der Waals surface area contributed by atoms with Crippen LogP contribution in [0.15, 0.2) is 11.6 Å². The van der Waals surface area contributed by atoms with Crippen molar-refractivity contribution in [1.29, 1.82) is 0 Å². The molecule has 0 unspecified atom stereocenters. The fourth-order valence-electron chi connectivity index (χ4n) is 0.709. The maximum atomic E-state index is 11.2. The maximum absolute atomic E-state index is 11.2. The van der Waals surface area contributed by atoms with E-state index in [9.17, 15) is 4.79 Å². The highest BCUT2D eigenvalue weighted by Gasteiger charge is 2.11. The average Bonchev–Trinajstić information content (AvgIpc) is 2.55. The van der Waals surface area contributed by atoms with E-state index in [1.54, 1.807) is 13.2 Å². The van der Waals surface area contributed by atoms with E-state index in [1.165, 1.54) is 23.3 Å². The molecule has 0 N–H and O–H groups in total. The van der Waals surface area contributed by atoms with Gasteiger partial charge in [0.1, 0.15) is 6.61 Å². The van der Waals surface area contributed by atoms with Crippen molar-refractivity contribution in [2.75, 3.05) is 25.7 Å². The molecule has 4 nitrogen and oxygen atoms in total. The molecule has 1 aromatic rings. The summed E-state index contributed by atoms with van der Waals surface area (Å²) in [5.41, 5.74) is 0. The number of thiazole rings is 1. The van der Waals surface area contributed by atoms with Crippen molar-refractivity contribution in [3.63, 3.8) is 0 Å². The molecule has 0 aliphatic rings. The van der Waals surface area contributed by atoms with Crippen LogP contribution in [0.2, 0.25) is 0 Å². The van der Waals surface area contributed by atoms with E-state index in [4.69, 9.17) is 4.74 Å². The van der Waals surface area contributed by atoms with Crippen LogP contribution in [0.3, 0.4) is 0 Å². The Hall–Kier alpha value is -0.940. The normalized spacial score (nSPS) is 9.83. The minimum absolute atomic E-state index is 0.0903. The van der Waals surface area contributed by atoms with Gasteiger partial charge in [0.05, 0.1) is 0 Å². The van der Waals surface area contributed by atoms with Gasteiger partial charge in [-0.2, -0.15) is 0 Å². The van der Waals surface area contributed by atoms with Crippen molar-refractivity contribution in [2.24, 2.45) is 0 Å². The third-order valence-electron chi connectivity index (χ3n) is 1.35. The Morgan fingerprint density at radius 1 is 1.83 bits per heavy atom. The van der Waals surface area contributed by atoms with Crippen LogP contribution in [0.1, 0.15) is 0 Å². The maximum Gasteiger partial charge on any atom is 0.254 e. The third kappa shape index (κ3) is 2.02. The molecule has 0 bridgehead atoms. The van der Waals surface area contributed by atoms with E-state index in [0.29, 0.717) is 5.13 Å². The summed E-state index contributed by atoms with van der Waals surface area (Å²) in [7, 11) is 3.17. The zero-order valence-electron chi connectivity index (χ0n) is 6.98. The molecule has 0 spiro atoms. The molecular weight excluding hydrogens is 176 g/mol. The van der Waals surface area contributed by atoms with Gasteiger partial charge in [-0.15, -0.1) is 11.3 Å². The number of carbonyl (C=O) groups is 1. The van der Waals surface area contributed by atoms with Gasteiger partial charge < -0.3 is 4.74 Å². The van der Waals surface area contributed by atoms with Crippen LogP contribution in [-0.4, -0.2) is 31.7 Å². The molecular formula is C7H10N2O2S. The number of hydrogen-bond donors (Lipinski definition) is 0. The van der Waals surface area contributed by atoms with Crippen molar-refractivity contribution in [3.05, 3.63) is 11.6 Å². The fraction of sp³-hybridized carbons (Fsp3) is 0.429. The predicted octanol–water partition coefficient (Wildman–Crippen LogP) is 0.752. The van der Waals surface area contributed by atoms with E-state index >= 15 is 0 Å². The zero-order chi connectivity index (χ0) is 8.97. The molecule has 0 saturated carbocycles. The Balaban J connectivity index is 2.59. The van der Waals surface area contributed by atoms with Crippen molar-refractivity contribution in [1.82, 2.24) is 4.98 Å². The summed E-state index contributed by atoms with van der Waals surface area (Å²) < 4.78 is 4.71. The van der Waals surface area contributed by atoms with Gasteiger partial charge in [0.15, 0.2) is 5.13 Å². The first kappa shape index (κ1) is 9.15. The van der Waals surface area contributed by atoms with Crippen LogP contribution in [-0.2, 0) is 9.53 Å². The van der Waals surface area contributed by atoms with Crippen LogP contribution in [0.5, 0.6) is 0 Å². The lowest BCUT2D eigenvalue weighted by atomic mass is 10.6. The number of aromatic nitrogens is 1. The van der Waals surface area contributed by atoms with Gasteiger partial charge in [0.25, 0.3) is 5.91 Å². The van der Waals surface area contributed by atoms with E-state index in [-0.39, 0.29) is 12.5 Å². The van der Waals surface area contributed by atoms with Gasteiger partial charge in [-0.05, 0) is 0 Å². The lowest BCUT2D eigenvalue weighted by Crippen LogP contribution is -2.29. The first-order valence-electron chi connectivity index (χ1n) is 3.40. The van der Waals surface area contributed by atoms with Crippen molar-refractivity contribution >= 4 is 22.4 Å². The average molecular weight is 186 g/mol. The second kappa shape index (κ2) is 4.18. The number of anilines is 1. The Bertz CT molecular complexity index is 248. The fourth-order valence-corrected chi connectivity index (χ4v) is 1.33. The largest absolute Gasteiger partial charge is 0.375 e. The second-order valence-corrected chi connectivity index (χ2v) is 3.07. The van der Waals surface area contributed by atoms with Gasteiger partial charge in [-0.1, -0.05) is 0 Å². The van der Waals surface area contributed by atoms with E-state index in [1.807, 2.05) is 5.38 Å². The number of rotatable bonds is 3. The summed E-state index contributed by atoms with van der Waals surface area (Å²) in [5.74, 6) is -0.0903. The lowest BCUT2D eigenvalue weighted by Gasteiger charge is -2.12. The zero-order valence-corrected chi connectivity index (χ0v) is 7.80. The van der Waals surface area contributed by atoms with Gasteiger partial charge in [0.2, 0.25) is 0 Å². The summed E-state index contributed by atoms with van der Waals surface area (Å²) in [5, 5.41) is 2.52. The number of ether oxygens (including phenoxy) is 1. The van der Waals surface area contributed by atoms with Crippen LogP contribution >= 0.6 is 11.3 Å². The molecule has 5 heteroatoms. The molecule has 1 rings (SSSR count). The van der Waals surface area contributed by atoms with Crippen LogP contribution in [0.4, 0.5) is 5.13 Å². The lowest BCUT2D eigenvalue weighted by molar-refractivity contribution is -0.121. The van der Waals surface area contributed by atoms with Crippen molar-refractivity contribution in [3.8, 4) is 0 Å². The molecule has 1 aromatic heterocycles. The molecule has 0 saturated heterocycles. The molecule has 1 heterocycles. The number of likely N-dealkylation sites (N-methyl/N-ethyl adjacent to an activating group) is 1. The minimum atomic E-state index is -0.0903. The number of amides is 1. The van der Waals surface area contributed by atoms with Crippen LogP contribution in [0, 0.1) is 0 Å². The van der Waals surface area contributed by atoms with E-state index in [2.05, 4.69) is 4.98 Å². The highest BCUT2D eigenvalue weighted by molar-refractivity contribution is 7.13. The van der Waals surface area contributed by atoms with Gasteiger partial charge in [0, 0.05) is 25.7 Å². The quantitative estimate of drug-likeness (QED) is 0.699. The number of hydrogen-bond acceptors (Lipinski definition) is 4. The molecule has 0 radical (unpaired) electrons. The summed E-state index contributed by atoms with van der Waals surface area (Å²) in [6.45, 7) is 0.0933. The second-order valence-electron chi connectivity index (χ2n) is 2.20. The summed E-state index contributed by atoms with van der Waals surface area (Å²) in [6.07, 6.45) is 1.66. The van der Waals surface area contributed by atoms with Gasteiger partial charge in [-0.25, -0.2) is 4.98 Å². The molecule has 0 aliphatic heterocycles. The summed E-state index contributed by atoms with van der Waals surface area (Å²) in [6, 6.07) is 0. The number of nitrogens with zero attached hydrogens (tertiary/aromatic N) is 2. The first-order valence-corrected chi connectivity index (χ1v) is 4.28. The molecule has 0 aromatic carbocycles. The summed E-state index contributed by atoms with van der Waals surface area (Å²) >= 11 is 1.42. The standard InChI is InChI=1S/C7H10N2O2S/c1-9(6(10)5-11-2)7-8-3-4-12-7/h3-4H,5H2,1-2H3. The Morgan fingerprint density at radius 3 is 3.08 bits per heavy atom. The highest BCUT2D eigenvalue weighted by Crippen LogP contribution is 2.15. The van der Waals surface area contributed by atoms with Crippen LogP contribution < -0.4 is 4.90 Å². The molecule has 0 aliphatic carbocycles. The van der Waals surface area contributed by atoms with Crippen LogP contribution in [0.25, 0.3) is 0 Å². The predicted molar refractivity (Wildman–Crippen MR) is 47.4 cm³/mol. The Morgan fingerprint density at radius 2 is 2.58 bits per heavy atom. The van der Waals surface area contributed by atoms with Gasteiger partial charge in [-0.3, -0.25) is 9.69 Å². The third-order valence-corrected chi connectivity index (χ3v) is 2.20. The summed E-state index contributed by atoms with van der Waals surface area (Å²) in [4.78, 5) is 16.7. The number of methoxy groups -OCH3 is 1. The molecule has 0 atom stereocenters. The number of carbonyl (C=O) groups excluding carboxylic acids is 1. The highest BCUT2D eigenvalue weighted by atomic mass is 32.1. The molecule has 0 fully saturated rings. The smallest absolute Gasteiger partial charge is 0.254 e. The molecule has 66 valence electrons.